The third kappa shape index (κ3) is 2.05. The first-order chi connectivity index (χ1) is 7.56. The molecule has 0 atom stereocenters. The fourth-order valence-electron chi connectivity index (χ4n) is 1.74. The van der Waals surface area contributed by atoms with E-state index < -0.39 is 0 Å². The smallest absolute Gasteiger partial charge is 0.103 e. The number of aromatic nitrogens is 4. The third-order valence-corrected chi connectivity index (χ3v) is 2.48. The number of aryl methyl sites for hydroxylation is 4. The summed E-state index contributed by atoms with van der Waals surface area (Å²) in [4.78, 5) is 15.1. The largest absolute Gasteiger partial charge is 0.346 e. The molecule has 0 saturated carbocycles. The van der Waals surface area contributed by atoms with Crippen molar-refractivity contribution in [2.24, 2.45) is 0 Å². The van der Waals surface area contributed by atoms with Crippen LogP contribution in [0.1, 0.15) is 34.4 Å². The van der Waals surface area contributed by atoms with E-state index in [1.165, 1.54) is 0 Å². The zero-order valence-electron chi connectivity index (χ0n) is 10.0. The van der Waals surface area contributed by atoms with E-state index in [1.807, 2.05) is 39.8 Å². The maximum atomic E-state index is 4.38. The first-order valence-corrected chi connectivity index (χ1v) is 5.31. The first-order valence-electron chi connectivity index (χ1n) is 5.31. The van der Waals surface area contributed by atoms with Crippen LogP contribution in [0.3, 0.4) is 0 Å². The Bertz CT molecular complexity index is 483. The van der Waals surface area contributed by atoms with Crippen LogP contribution >= 0.6 is 0 Å². The van der Waals surface area contributed by atoms with Gasteiger partial charge >= 0.3 is 0 Å². The molecule has 0 aliphatic heterocycles. The highest BCUT2D eigenvalue weighted by molar-refractivity contribution is 5.68. The molecule has 0 fully saturated rings. The Morgan fingerprint density at radius 2 is 1.12 bits per heavy atom. The first kappa shape index (κ1) is 10.7. The summed E-state index contributed by atoms with van der Waals surface area (Å²) < 4.78 is 0. The van der Waals surface area contributed by atoms with Gasteiger partial charge in [0.2, 0.25) is 0 Å². The minimum Gasteiger partial charge on any atom is -0.346 e. The van der Waals surface area contributed by atoms with Crippen LogP contribution in [0.4, 0.5) is 0 Å². The molecule has 16 heavy (non-hydrogen) atoms. The van der Waals surface area contributed by atoms with Crippen LogP contribution < -0.4 is 0 Å². The molecular formula is C12H16N4. The second-order valence-electron chi connectivity index (χ2n) is 4.00. The summed E-state index contributed by atoms with van der Waals surface area (Å²) >= 11 is 0. The van der Waals surface area contributed by atoms with Crippen molar-refractivity contribution in [1.82, 2.24) is 19.9 Å². The predicted octanol–water partition coefficient (Wildman–Crippen LogP) is 2.54. The minimum absolute atomic E-state index is 0.937. The van der Waals surface area contributed by atoms with E-state index in [9.17, 15) is 0 Å². The molecule has 2 rings (SSSR count). The number of H-pyrrole nitrogens is 2. The molecule has 2 aromatic heterocycles. The summed E-state index contributed by atoms with van der Waals surface area (Å²) in [5.74, 6) is 1.87. The van der Waals surface area contributed by atoms with Crippen LogP contribution in [0.15, 0.2) is 0 Å². The second-order valence-corrected chi connectivity index (χ2v) is 4.00. The quantitative estimate of drug-likeness (QED) is 0.810. The zero-order valence-corrected chi connectivity index (χ0v) is 10.0. The number of nitrogens with zero attached hydrogens (tertiary/aromatic N) is 2. The van der Waals surface area contributed by atoms with Crippen molar-refractivity contribution in [2.45, 2.75) is 27.7 Å². The van der Waals surface area contributed by atoms with Crippen molar-refractivity contribution in [3.63, 3.8) is 0 Å². The molecule has 2 heterocycles. The van der Waals surface area contributed by atoms with Gasteiger partial charge in [0.25, 0.3) is 0 Å². The van der Waals surface area contributed by atoms with E-state index in [2.05, 4.69) is 19.9 Å². The van der Waals surface area contributed by atoms with Crippen molar-refractivity contribution >= 4 is 12.2 Å². The van der Waals surface area contributed by atoms with E-state index >= 15 is 0 Å². The Balaban J connectivity index is 2.27. The minimum atomic E-state index is 0.937. The molecule has 84 valence electrons. The Morgan fingerprint density at radius 1 is 0.750 bits per heavy atom. The van der Waals surface area contributed by atoms with Gasteiger partial charge < -0.3 is 9.97 Å². The van der Waals surface area contributed by atoms with Crippen LogP contribution in [0, 0.1) is 27.7 Å². The monoisotopic (exact) mass is 216 g/mol. The molecule has 2 aromatic rings. The van der Waals surface area contributed by atoms with Gasteiger partial charge in [-0.3, -0.25) is 0 Å². The second kappa shape index (κ2) is 3.96. The van der Waals surface area contributed by atoms with E-state index in [-0.39, 0.29) is 0 Å². The van der Waals surface area contributed by atoms with Crippen molar-refractivity contribution in [3.05, 3.63) is 34.4 Å². The maximum absolute atomic E-state index is 4.38. The third-order valence-electron chi connectivity index (χ3n) is 2.48. The molecule has 4 nitrogen and oxygen atoms in total. The summed E-state index contributed by atoms with van der Waals surface area (Å²) in [6.07, 6.45) is 3.98. The van der Waals surface area contributed by atoms with Crippen LogP contribution in [0.2, 0.25) is 0 Å². The van der Waals surface area contributed by atoms with E-state index in [4.69, 9.17) is 0 Å². The molecular weight excluding hydrogens is 200 g/mol. The Kier molecular flexibility index (Phi) is 2.64. The Hall–Kier alpha value is -1.84. The number of imidazole rings is 2. The zero-order chi connectivity index (χ0) is 11.7. The summed E-state index contributed by atoms with van der Waals surface area (Å²) in [6, 6.07) is 0. The van der Waals surface area contributed by atoms with Crippen molar-refractivity contribution < 1.29 is 0 Å². The van der Waals surface area contributed by atoms with Crippen LogP contribution in [-0.2, 0) is 0 Å². The normalized spacial score (nSPS) is 11.5. The SMILES string of the molecule is Cc1nc(/C=C/c2nc(C)[nH]c2C)c(C)[nH]1. The van der Waals surface area contributed by atoms with E-state index in [0.717, 1.165) is 34.4 Å². The molecule has 0 bridgehead atoms. The lowest BCUT2D eigenvalue weighted by atomic mass is 10.2. The topological polar surface area (TPSA) is 57.4 Å². The lowest BCUT2D eigenvalue weighted by molar-refractivity contribution is 1.13. The van der Waals surface area contributed by atoms with Crippen LogP contribution in [-0.4, -0.2) is 19.9 Å². The molecule has 0 aliphatic carbocycles. The molecule has 0 radical (unpaired) electrons. The summed E-state index contributed by atoms with van der Waals surface area (Å²) in [5, 5.41) is 0. The molecule has 4 heteroatoms. The average Bonchev–Trinajstić information content (AvgIpc) is 2.66. The van der Waals surface area contributed by atoms with Gasteiger partial charge in [0, 0.05) is 11.4 Å². The Labute approximate surface area is 94.8 Å². The standard InChI is InChI=1S/C12H16N4/c1-7-11(15-9(3)13-7)5-6-12-8(2)14-10(4)16-12/h5-6H,1-4H3,(H,13,15)(H,14,16)/b6-5+. The highest BCUT2D eigenvalue weighted by Crippen LogP contribution is 2.11. The number of aromatic amines is 2. The fourth-order valence-corrected chi connectivity index (χ4v) is 1.74. The van der Waals surface area contributed by atoms with Gasteiger partial charge in [0.05, 0.1) is 11.4 Å². The van der Waals surface area contributed by atoms with Gasteiger partial charge in [-0.15, -0.1) is 0 Å². The summed E-state index contributed by atoms with van der Waals surface area (Å²) in [6.45, 7) is 7.94. The lowest BCUT2D eigenvalue weighted by Gasteiger charge is -1.89. The predicted molar refractivity (Wildman–Crippen MR) is 65.1 cm³/mol. The number of hydrogen-bond donors (Lipinski definition) is 2. The number of hydrogen-bond acceptors (Lipinski definition) is 2. The van der Waals surface area contributed by atoms with Crippen molar-refractivity contribution in [2.75, 3.05) is 0 Å². The summed E-state index contributed by atoms with van der Waals surface area (Å²) in [7, 11) is 0. The summed E-state index contributed by atoms with van der Waals surface area (Å²) in [5.41, 5.74) is 4.10. The molecule has 0 aromatic carbocycles. The van der Waals surface area contributed by atoms with Crippen LogP contribution in [0.25, 0.3) is 12.2 Å². The average molecular weight is 216 g/mol. The van der Waals surface area contributed by atoms with E-state index in [1.54, 1.807) is 0 Å². The van der Waals surface area contributed by atoms with Gasteiger partial charge in [-0.1, -0.05) is 0 Å². The Morgan fingerprint density at radius 3 is 1.38 bits per heavy atom. The molecule has 0 spiro atoms. The van der Waals surface area contributed by atoms with Crippen LogP contribution in [0.5, 0.6) is 0 Å². The fraction of sp³-hybridized carbons (Fsp3) is 0.333. The molecule has 0 unspecified atom stereocenters. The highest BCUT2D eigenvalue weighted by Gasteiger charge is 2.02. The van der Waals surface area contributed by atoms with Gasteiger partial charge in [0.1, 0.15) is 11.6 Å². The maximum Gasteiger partial charge on any atom is 0.103 e. The van der Waals surface area contributed by atoms with E-state index in [0.29, 0.717) is 0 Å². The highest BCUT2D eigenvalue weighted by atomic mass is 14.9. The number of nitrogens with one attached hydrogen (secondary N) is 2. The van der Waals surface area contributed by atoms with Gasteiger partial charge in [-0.2, -0.15) is 0 Å². The van der Waals surface area contributed by atoms with Crippen molar-refractivity contribution in [1.29, 1.82) is 0 Å². The van der Waals surface area contributed by atoms with Gasteiger partial charge in [-0.25, -0.2) is 9.97 Å². The lowest BCUT2D eigenvalue weighted by Crippen LogP contribution is -1.79. The molecule has 0 saturated heterocycles. The molecule has 0 amide bonds. The molecule has 2 N–H and O–H groups in total. The van der Waals surface area contributed by atoms with Gasteiger partial charge in [0.15, 0.2) is 0 Å². The van der Waals surface area contributed by atoms with Crippen molar-refractivity contribution in [3.8, 4) is 0 Å². The number of rotatable bonds is 2. The van der Waals surface area contributed by atoms with Gasteiger partial charge in [-0.05, 0) is 39.8 Å². The molecule has 0 aliphatic rings.